The van der Waals surface area contributed by atoms with Crippen molar-refractivity contribution in [2.75, 3.05) is 11.4 Å². The van der Waals surface area contributed by atoms with Gasteiger partial charge in [-0.25, -0.2) is 4.98 Å². The Morgan fingerprint density at radius 3 is 2.70 bits per heavy atom. The molecule has 2 aromatic rings. The Morgan fingerprint density at radius 1 is 1.15 bits per heavy atom. The second-order valence-electron chi connectivity index (χ2n) is 4.96. The average molecular weight is 265 g/mol. The zero-order valence-electron chi connectivity index (χ0n) is 11.0. The third kappa shape index (κ3) is 2.36. The molecule has 4 heteroatoms. The highest BCUT2D eigenvalue weighted by Crippen LogP contribution is 2.35. The van der Waals surface area contributed by atoms with Gasteiger partial charge in [0, 0.05) is 6.54 Å². The Hall–Kier alpha value is -2.38. The Bertz CT molecular complexity index is 636. The summed E-state index contributed by atoms with van der Waals surface area (Å²) in [5.41, 5.74) is 1.56. The van der Waals surface area contributed by atoms with E-state index in [2.05, 4.69) is 28.1 Å². The highest BCUT2D eigenvalue weighted by atomic mass is 16.3. The van der Waals surface area contributed by atoms with Gasteiger partial charge in [-0.3, -0.25) is 0 Å². The smallest absolute Gasteiger partial charge is 0.142 e. The van der Waals surface area contributed by atoms with E-state index in [1.165, 1.54) is 0 Å². The summed E-state index contributed by atoms with van der Waals surface area (Å²) in [6.07, 6.45) is 0.315. The van der Waals surface area contributed by atoms with Gasteiger partial charge >= 0.3 is 0 Å². The summed E-state index contributed by atoms with van der Waals surface area (Å²) in [7, 11) is 0. The summed E-state index contributed by atoms with van der Waals surface area (Å²) < 4.78 is 0. The van der Waals surface area contributed by atoms with Crippen molar-refractivity contribution in [3.8, 4) is 6.07 Å². The Kier molecular flexibility index (Phi) is 3.36. The van der Waals surface area contributed by atoms with Crippen molar-refractivity contribution in [3.63, 3.8) is 0 Å². The van der Waals surface area contributed by atoms with Crippen molar-refractivity contribution in [1.82, 2.24) is 4.98 Å². The van der Waals surface area contributed by atoms with Crippen LogP contribution < -0.4 is 4.90 Å². The molecule has 0 aliphatic carbocycles. The Balaban J connectivity index is 1.96. The van der Waals surface area contributed by atoms with Crippen LogP contribution >= 0.6 is 0 Å². The van der Waals surface area contributed by atoms with Crippen molar-refractivity contribution in [3.05, 3.63) is 59.8 Å². The molecule has 2 heterocycles. The van der Waals surface area contributed by atoms with Gasteiger partial charge in [0.15, 0.2) is 0 Å². The van der Waals surface area contributed by atoms with Crippen LogP contribution in [-0.2, 0) is 0 Å². The number of aromatic nitrogens is 1. The molecule has 0 saturated carbocycles. The summed E-state index contributed by atoms with van der Waals surface area (Å²) >= 11 is 0. The first kappa shape index (κ1) is 12.6. The molecule has 1 aromatic carbocycles. The maximum absolute atomic E-state index is 9.98. The third-order valence-corrected chi connectivity index (χ3v) is 3.61. The van der Waals surface area contributed by atoms with E-state index in [0.717, 1.165) is 11.4 Å². The number of rotatable bonds is 2. The molecule has 1 aromatic heterocycles. The Morgan fingerprint density at radius 2 is 1.95 bits per heavy atom. The van der Waals surface area contributed by atoms with Crippen molar-refractivity contribution in [1.29, 1.82) is 5.26 Å². The third-order valence-electron chi connectivity index (χ3n) is 3.61. The molecular formula is C16H15N3O. The average Bonchev–Trinajstić information content (AvgIpc) is 2.90. The number of anilines is 1. The molecule has 3 rings (SSSR count). The van der Waals surface area contributed by atoms with Crippen LogP contribution in [0.3, 0.4) is 0 Å². The maximum Gasteiger partial charge on any atom is 0.142 e. The van der Waals surface area contributed by atoms with E-state index in [1.807, 2.05) is 30.3 Å². The van der Waals surface area contributed by atoms with Gasteiger partial charge in [-0.15, -0.1) is 0 Å². The fourth-order valence-electron chi connectivity index (χ4n) is 2.70. The zero-order chi connectivity index (χ0) is 13.9. The van der Waals surface area contributed by atoms with Crippen molar-refractivity contribution in [2.24, 2.45) is 0 Å². The lowest BCUT2D eigenvalue weighted by atomic mass is 10.0. The van der Waals surface area contributed by atoms with E-state index < -0.39 is 0 Å². The first-order valence-electron chi connectivity index (χ1n) is 6.65. The molecule has 0 amide bonds. The molecule has 100 valence electrons. The van der Waals surface area contributed by atoms with Crippen LogP contribution in [0.5, 0.6) is 0 Å². The second kappa shape index (κ2) is 5.32. The van der Waals surface area contributed by atoms with Gasteiger partial charge < -0.3 is 10.0 Å². The minimum absolute atomic E-state index is 0.104. The number of hydrogen-bond acceptors (Lipinski definition) is 4. The van der Waals surface area contributed by atoms with E-state index in [9.17, 15) is 5.11 Å². The topological polar surface area (TPSA) is 60.2 Å². The summed E-state index contributed by atoms with van der Waals surface area (Å²) in [4.78, 5) is 6.41. The molecular weight excluding hydrogens is 250 g/mol. The minimum Gasteiger partial charge on any atom is -0.391 e. The molecule has 0 bridgehead atoms. The highest BCUT2D eigenvalue weighted by molar-refractivity contribution is 5.46. The quantitative estimate of drug-likeness (QED) is 0.904. The molecule has 0 radical (unpaired) electrons. The van der Waals surface area contributed by atoms with Crippen LogP contribution in [0.25, 0.3) is 0 Å². The number of β-amino-alcohol motifs (C(OH)–C–C–N with tert-alkyl or cyclic N) is 1. The van der Waals surface area contributed by atoms with Crippen LogP contribution in [0.2, 0.25) is 0 Å². The number of nitriles is 1. The highest BCUT2D eigenvalue weighted by Gasteiger charge is 2.32. The van der Waals surface area contributed by atoms with Gasteiger partial charge in [-0.2, -0.15) is 5.26 Å². The van der Waals surface area contributed by atoms with Crippen molar-refractivity contribution in [2.45, 2.75) is 18.6 Å². The fraction of sp³-hybridized carbons (Fsp3) is 0.250. The van der Waals surface area contributed by atoms with Gasteiger partial charge in [0.05, 0.1) is 12.1 Å². The number of benzene rings is 1. The lowest BCUT2D eigenvalue weighted by Gasteiger charge is -2.25. The molecule has 2 atom stereocenters. The van der Waals surface area contributed by atoms with Crippen LogP contribution in [0.4, 0.5) is 5.82 Å². The van der Waals surface area contributed by atoms with E-state index in [0.29, 0.717) is 18.7 Å². The summed E-state index contributed by atoms with van der Waals surface area (Å²) in [5, 5.41) is 18.9. The number of pyridine rings is 1. The van der Waals surface area contributed by atoms with E-state index in [4.69, 9.17) is 5.26 Å². The molecule has 1 N–H and O–H groups in total. The first-order valence-corrected chi connectivity index (χ1v) is 6.65. The fourth-order valence-corrected chi connectivity index (χ4v) is 2.70. The number of aliphatic hydroxyl groups is 1. The second-order valence-corrected chi connectivity index (χ2v) is 4.96. The van der Waals surface area contributed by atoms with Gasteiger partial charge in [0.2, 0.25) is 0 Å². The standard InChI is InChI=1S/C16H15N3O/c17-10-13-7-4-8-16(18-13)19-11-14(20)9-15(19)12-5-2-1-3-6-12/h1-8,14-15,20H,9,11H2. The lowest BCUT2D eigenvalue weighted by Crippen LogP contribution is -2.25. The number of nitrogens with zero attached hydrogens (tertiary/aromatic N) is 3. The molecule has 0 spiro atoms. The van der Waals surface area contributed by atoms with Gasteiger partial charge in [0.1, 0.15) is 17.6 Å². The van der Waals surface area contributed by atoms with E-state index >= 15 is 0 Å². The largest absolute Gasteiger partial charge is 0.391 e. The van der Waals surface area contributed by atoms with Gasteiger partial charge in [0.25, 0.3) is 0 Å². The Labute approximate surface area is 117 Å². The van der Waals surface area contributed by atoms with Crippen LogP contribution in [0.1, 0.15) is 23.7 Å². The molecule has 1 saturated heterocycles. The summed E-state index contributed by atoms with van der Waals surface area (Å²) in [6, 6.07) is 17.7. The molecule has 1 aliphatic rings. The summed E-state index contributed by atoms with van der Waals surface area (Å²) in [5.74, 6) is 0.745. The molecule has 1 aliphatic heterocycles. The first-order chi connectivity index (χ1) is 9.78. The van der Waals surface area contributed by atoms with Crippen LogP contribution in [-0.4, -0.2) is 22.7 Å². The SMILES string of the molecule is N#Cc1cccc(N2CC(O)CC2c2ccccc2)n1. The normalized spacial score (nSPS) is 21.7. The van der Waals surface area contributed by atoms with E-state index in [1.54, 1.807) is 6.07 Å². The van der Waals surface area contributed by atoms with Crippen molar-refractivity contribution < 1.29 is 5.11 Å². The summed E-state index contributed by atoms with van der Waals surface area (Å²) in [6.45, 7) is 0.543. The predicted octanol–water partition coefficient (Wildman–Crippen LogP) is 2.27. The number of hydrogen-bond donors (Lipinski definition) is 1. The van der Waals surface area contributed by atoms with Gasteiger partial charge in [-0.05, 0) is 24.1 Å². The maximum atomic E-state index is 9.98. The van der Waals surface area contributed by atoms with E-state index in [-0.39, 0.29) is 12.1 Å². The lowest BCUT2D eigenvalue weighted by molar-refractivity contribution is 0.194. The number of aliphatic hydroxyl groups excluding tert-OH is 1. The van der Waals surface area contributed by atoms with Crippen LogP contribution in [0, 0.1) is 11.3 Å². The molecule has 1 fully saturated rings. The minimum atomic E-state index is -0.368. The van der Waals surface area contributed by atoms with Crippen molar-refractivity contribution >= 4 is 5.82 Å². The molecule has 4 nitrogen and oxygen atoms in total. The monoisotopic (exact) mass is 265 g/mol. The molecule has 2 unspecified atom stereocenters. The zero-order valence-corrected chi connectivity index (χ0v) is 11.0. The van der Waals surface area contributed by atoms with Crippen LogP contribution in [0.15, 0.2) is 48.5 Å². The van der Waals surface area contributed by atoms with Gasteiger partial charge in [-0.1, -0.05) is 36.4 Å². The predicted molar refractivity (Wildman–Crippen MR) is 76.1 cm³/mol. The molecule has 20 heavy (non-hydrogen) atoms.